The number of carbonyl (C=O) groups is 1. The second kappa shape index (κ2) is 4.47. The first-order valence-corrected chi connectivity index (χ1v) is 5.05. The first-order chi connectivity index (χ1) is 6.85. The second-order valence-electron chi connectivity index (χ2n) is 4.57. The largest absolute Gasteiger partial charge is 0.388 e. The molecule has 2 unspecified atom stereocenters. The number of carbonyl (C=O) groups excluding carboxylic acids is 1. The van der Waals surface area contributed by atoms with Gasteiger partial charge in [-0.15, -0.1) is 0 Å². The summed E-state index contributed by atoms with van der Waals surface area (Å²) in [5.74, 6) is -0.0996. The standard InChI is InChI=1S/C10H19NO4/c1-10(2,15-3)4-9(14)11-5-7(12)8(13)6-11/h7-8,12-13H,4-6H2,1-3H3. The van der Waals surface area contributed by atoms with E-state index in [1.54, 1.807) is 7.11 Å². The highest BCUT2D eigenvalue weighted by Crippen LogP contribution is 2.18. The van der Waals surface area contributed by atoms with E-state index in [-0.39, 0.29) is 25.4 Å². The van der Waals surface area contributed by atoms with Crippen molar-refractivity contribution in [1.29, 1.82) is 0 Å². The van der Waals surface area contributed by atoms with Gasteiger partial charge in [-0.05, 0) is 13.8 Å². The van der Waals surface area contributed by atoms with Crippen molar-refractivity contribution < 1.29 is 19.7 Å². The molecule has 0 spiro atoms. The summed E-state index contributed by atoms with van der Waals surface area (Å²) in [5, 5.41) is 18.6. The lowest BCUT2D eigenvalue weighted by Crippen LogP contribution is -2.36. The molecule has 1 aliphatic heterocycles. The lowest BCUT2D eigenvalue weighted by molar-refractivity contribution is -0.136. The van der Waals surface area contributed by atoms with E-state index in [2.05, 4.69) is 0 Å². The number of likely N-dealkylation sites (tertiary alicyclic amines) is 1. The fourth-order valence-corrected chi connectivity index (χ4v) is 1.52. The molecule has 1 rings (SSSR count). The molecule has 1 saturated heterocycles. The molecule has 0 saturated carbocycles. The third kappa shape index (κ3) is 3.15. The van der Waals surface area contributed by atoms with E-state index in [4.69, 9.17) is 4.74 Å². The van der Waals surface area contributed by atoms with Crippen molar-refractivity contribution in [3.05, 3.63) is 0 Å². The van der Waals surface area contributed by atoms with Crippen molar-refractivity contribution in [3.8, 4) is 0 Å². The fourth-order valence-electron chi connectivity index (χ4n) is 1.52. The van der Waals surface area contributed by atoms with Crippen LogP contribution in [0.2, 0.25) is 0 Å². The van der Waals surface area contributed by atoms with Crippen molar-refractivity contribution in [2.75, 3.05) is 20.2 Å². The number of amides is 1. The number of methoxy groups -OCH3 is 1. The van der Waals surface area contributed by atoms with E-state index in [0.717, 1.165) is 0 Å². The Hall–Kier alpha value is -0.650. The van der Waals surface area contributed by atoms with E-state index in [0.29, 0.717) is 0 Å². The van der Waals surface area contributed by atoms with Crippen molar-refractivity contribution in [3.63, 3.8) is 0 Å². The van der Waals surface area contributed by atoms with Gasteiger partial charge >= 0.3 is 0 Å². The zero-order valence-electron chi connectivity index (χ0n) is 9.43. The number of hydrogen-bond donors (Lipinski definition) is 2. The molecule has 5 nitrogen and oxygen atoms in total. The quantitative estimate of drug-likeness (QED) is 0.660. The minimum absolute atomic E-state index is 0.0996. The Balaban J connectivity index is 2.49. The first-order valence-electron chi connectivity index (χ1n) is 5.05. The van der Waals surface area contributed by atoms with Gasteiger partial charge in [-0.3, -0.25) is 4.79 Å². The highest BCUT2D eigenvalue weighted by molar-refractivity contribution is 5.77. The van der Waals surface area contributed by atoms with E-state index >= 15 is 0 Å². The molecule has 2 atom stereocenters. The molecule has 0 radical (unpaired) electrons. The second-order valence-corrected chi connectivity index (χ2v) is 4.57. The number of rotatable bonds is 3. The molecular formula is C10H19NO4. The summed E-state index contributed by atoms with van der Waals surface area (Å²) < 4.78 is 5.15. The average molecular weight is 217 g/mol. The van der Waals surface area contributed by atoms with E-state index in [9.17, 15) is 15.0 Å². The van der Waals surface area contributed by atoms with Gasteiger partial charge in [0.05, 0.1) is 24.2 Å². The molecule has 88 valence electrons. The smallest absolute Gasteiger partial charge is 0.225 e. The third-order valence-corrected chi connectivity index (χ3v) is 2.74. The molecule has 2 N–H and O–H groups in total. The van der Waals surface area contributed by atoms with Crippen LogP contribution in [0.3, 0.4) is 0 Å². The summed E-state index contributed by atoms with van der Waals surface area (Å²) in [6, 6.07) is 0. The summed E-state index contributed by atoms with van der Waals surface area (Å²) in [7, 11) is 1.56. The number of aliphatic hydroxyl groups excluding tert-OH is 2. The summed E-state index contributed by atoms with van der Waals surface area (Å²) in [4.78, 5) is 13.2. The third-order valence-electron chi connectivity index (χ3n) is 2.74. The Labute approximate surface area is 89.6 Å². The van der Waals surface area contributed by atoms with Crippen LogP contribution < -0.4 is 0 Å². The highest BCUT2D eigenvalue weighted by atomic mass is 16.5. The molecule has 1 aliphatic rings. The normalized spacial score (nSPS) is 27.1. The van der Waals surface area contributed by atoms with Crippen molar-refractivity contribution in [2.45, 2.75) is 38.1 Å². The van der Waals surface area contributed by atoms with Crippen molar-refractivity contribution >= 4 is 5.91 Å². The minimum Gasteiger partial charge on any atom is -0.388 e. The lowest BCUT2D eigenvalue weighted by Gasteiger charge is -2.25. The molecule has 15 heavy (non-hydrogen) atoms. The van der Waals surface area contributed by atoms with Gasteiger partial charge in [0.2, 0.25) is 5.91 Å². The van der Waals surface area contributed by atoms with Gasteiger partial charge in [0.15, 0.2) is 0 Å². The molecule has 0 aromatic carbocycles. The van der Waals surface area contributed by atoms with Crippen LogP contribution in [0.25, 0.3) is 0 Å². The average Bonchev–Trinajstić information content (AvgIpc) is 2.47. The van der Waals surface area contributed by atoms with Crippen LogP contribution in [0.15, 0.2) is 0 Å². The maximum Gasteiger partial charge on any atom is 0.225 e. The van der Waals surface area contributed by atoms with Gasteiger partial charge < -0.3 is 19.8 Å². The molecule has 0 aromatic rings. The lowest BCUT2D eigenvalue weighted by atomic mass is 10.0. The Morgan fingerprint density at radius 2 is 1.87 bits per heavy atom. The van der Waals surface area contributed by atoms with Crippen LogP contribution in [0.4, 0.5) is 0 Å². The minimum atomic E-state index is -0.820. The number of nitrogens with zero attached hydrogens (tertiary/aromatic N) is 1. The van der Waals surface area contributed by atoms with Crippen LogP contribution >= 0.6 is 0 Å². The maximum absolute atomic E-state index is 11.7. The molecule has 1 amide bonds. The van der Waals surface area contributed by atoms with Gasteiger partial charge in [0.25, 0.3) is 0 Å². The van der Waals surface area contributed by atoms with Crippen molar-refractivity contribution in [2.24, 2.45) is 0 Å². The van der Waals surface area contributed by atoms with Gasteiger partial charge in [-0.1, -0.05) is 0 Å². The molecule has 0 aliphatic carbocycles. The van der Waals surface area contributed by atoms with Crippen LogP contribution in [-0.4, -0.2) is 59.0 Å². The summed E-state index contributed by atoms with van der Waals surface area (Å²) in [5.41, 5.74) is -0.504. The highest BCUT2D eigenvalue weighted by Gasteiger charge is 2.34. The Morgan fingerprint density at radius 3 is 2.27 bits per heavy atom. The van der Waals surface area contributed by atoms with Gasteiger partial charge in [0.1, 0.15) is 0 Å². The Bertz CT molecular complexity index is 232. The van der Waals surface area contributed by atoms with Crippen LogP contribution in [0.1, 0.15) is 20.3 Å². The number of hydrogen-bond acceptors (Lipinski definition) is 4. The van der Waals surface area contributed by atoms with Crippen molar-refractivity contribution in [1.82, 2.24) is 4.90 Å². The SMILES string of the molecule is COC(C)(C)CC(=O)N1CC(O)C(O)C1. The number of ether oxygens (including phenoxy) is 1. The van der Waals surface area contributed by atoms with E-state index in [1.807, 2.05) is 13.8 Å². The molecule has 1 heterocycles. The van der Waals surface area contributed by atoms with Gasteiger partial charge in [0, 0.05) is 20.2 Å². The molecule has 0 aromatic heterocycles. The van der Waals surface area contributed by atoms with E-state index < -0.39 is 17.8 Å². The predicted molar refractivity (Wildman–Crippen MR) is 54.3 cm³/mol. The van der Waals surface area contributed by atoms with E-state index in [1.165, 1.54) is 4.90 Å². The van der Waals surface area contributed by atoms with Gasteiger partial charge in [-0.2, -0.15) is 0 Å². The Kier molecular flexibility index (Phi) is 3.70. The number of β-amino-alcohol motifs (C(OH)–C–C–N with tert-alkyl or cyclic N) is 2. The van der Waals surface area contributed by atoms with Gasteiger partial charge in [-0.25, -0.2) is 0 Å². The first kappa shape index (κ1) is 12.4. The summed E-state index contributed by atoms with van der Waals surface area (Å²) in [6.45, 7) is 4.07. The zero-order valence-corrected chi connectivity index (χ0v) is 9.43. The maximum atomic E-state index is 11.7. The topological polar surface area (TPSA) is 70.0 Å². The molecule has 5 heteroatoms. The molecular weight excluding hydrogens is 198 g/mol. The van der Waals surface area contributed by atoms with Crippen LogP contribution in [0, 0.1) is 0 Å². The zero-order chi connectivity index (χ0) is 11.6. The molecule has 1 fully saturated rings. The monoisotopic (exact) mass is 217 g/mol. The Morgan fingerprint density at radius 1 is 1.40 bits per heavy atom. The predicted octanol–water partition coefficient (Wildman–Crippen LogP) is -0.635. The number of aliphatic hydroxyl groups is 2. The van der Waals surface area contributed by atoms with Crippen LogP contribution in [0.5, 0.6) is 0 Å². The summed E-state index contributed by atoms with van der Waals surface area (Å²) in [6.07, 6.45) is -1.39. The fraction of sp³-hybridized carbons (Fsp3) is 0.900. The summed E-state index contributed by atoms with van der Waals surface area (Å²) >= 11 is 0. The molecule has 0 bridgehead atoms. The van der Waals surface area contributed by atoms with Crippen LogP contribution in [-0.2, 0) is 9.53 Å².